The topological polar surface area (TPSA) is 135 Å². The Hall–Kier alpha value is -5.36. The number of hydrogen-bond donors (Lipinski definition) is 0. The van der Waals surface area contributed by atoms with Crippen molar-refractivity contribution >= 4 is 49.7 Å². The molecule has 0 saturated carbocycles. The quantitative estimate of drug-likeness (QED) is 0.101. The maximum absolute atomic E-state index is 13.6. The lowest BCUT2D eigenvalue weighted by molar-refractivity contribution is -0.385. The zero-order chi connectivity index (χ0) is 29.2. The van der Waals surface area contributed by atoms with Crippen LogP contribution >= 0.6 is 15.9 Å². The van der Waals surface area contributed by atoms with Crippen LogP contribution in [-0.2, 0) is 0 Å². The zero-order valence-electron chi connectivity index (χ0n) is 21.9. The number of fused-ring (bicyclic) bond motifs is 2. The average Bonchev–Trinajstić information content (AvgIpc) is 3.41. The molecule has 6 rings (SSSR count). The monoisotopic (exact) mass is 625 g/mol. The molecule has 0 atom stereocenters. The van der Waals surface area contributed by atoms with Gasteiger partial charge in [-0.2, -0.15) is 9.78 Å². The summed E-state index contributed by atoms with van der Waals surface area (Å²) in [6.07, 6.45) is 2.63. The Morgan fingerprint density at radius 3 is 2.71 bits per heavy atom. The summed E-state index contributed by atoms with van der Waals surface area (Å²) in [6.45, 7) is 2.18. The van der Waals surface area contributed by atoms with E-state index in [9.17, 15) is 14.9 Å². The van der Waals surface area contributed by atoms with Crippen molar-refractivity contribution in [3.05, 3.63) is 116 Å². The molecule has 208 valence electrons. The smallest absolute Gasteiger partial charge is 0.287 e. The van der Waals surface area contributed by atoms with E-state index in [-0.39, 0.29) is 23.0 Å². The van der Waals surface area contributed by atoms with Gasteiger partial charge in [0.1, 0.15) is 11.8 Å². The Bertz CT molecular complexity index is 2050. The van der Waals surface area contributed by atoms with Gasteiger partial charge in [-0.15, -0.1) is 0 Å². The van der Waals surface area contributed by atoms with Crippen LogP contribution in [0.5, 0.6) is 17.4 Å². The standard InChI is InChI=1S/C30H20BrN5O6/c1-2-40-26-13-18(7-10-25(26)42-28-12-9-21(17-32-28)36(38)39)16-33-35-29(34-23-6-4-3-5-22(23)30(35)37)27-15-19-14-20(31)8-11-24(19)41-27/h3-17H,2H2,1H3. The van der Waals surface area contributed by atoms with Crippen molar-refractivity contribution in [1.29, 1.82) is 0 Å². The number of rotatable bonds is 8. The summed E-state index contributed by atoms with van der Waals surface area (Å²) >= 11 is 3.47. The molecule has 0 amide bonds. The fraction of sp³-hybridized carbons (Fsp3) is 0.0667. The van der Waals surface area contributed by atoms with Crippen LogP contribution in [0.2, 0.25) is 0 Å². The molecule has 3 aromatic heterocycles. The van der Waals surface area contributed by atoms with E-state index in [0.717, 1.165) is 16.1 Å². The number of halogens is 1. The summed E-state index contributed by atoms with van der Waals surface area (Å²) < 4.78 is 19.7. The number of para-hydroxylation sites is 1. The summed E-state index contributed by atoms with van der Waals surface area (Å²) in [5.74, 6) is 1.55. The van der Waals surface area contributed by atoms with Crippen molar-refractivity contribution in [3.8, 4) is 29.0 Å². The fourth-order valence-electron chi connectivity index (χ4n) is 4.25. The summed E-state index contributed by atoms with van der Waals surface area (Å²) in [5, 5.41) is 16.7. The number of pyridine rings is 1. The molecule has 0 aliphatic rings. The molecule has 6 aromatic rings. The number of nitro groups is 1. The largest absolute Gasteiger partial charge is 0.490 e. The second-order valence-electron chi connectivity index (χ2n) is 8.96. The molecule has 0 N–H and O–H groups in total. The van der Waals surface area contributed by atoms with E-state index in [1.807, 2.05) is 37.3 Å². The third-order valence-corrected chi connectivity index (χ3v) is 6.68. The molecule has 0 unspecified atom stereocenters. The molecule has 12 heteroatoms. The molecular weight excluding hydrogens is 606 g/mol. The third kappa shape index (κ3) is 5.34. The highest BCUT2D eigenvalue weighted by molar-refractivity contribution is 9.10. The summed E-state index contributed by atoms with van der Waals surface area (Å²) in [4.78, 5) is 32.6. The molecule has 0 spiro atoms. The minimum Gasteiger partial charge on any atom is -0.490 e. The first kappa shape index (κ1) is 26.8. The lowest BCUT2D eigenvalue weighted by atomic mass is 10.2. The van der Waals surface area contributed by atoms with Gasteiger partial charge in [-0.3, -0.25) is 14.9 Å². The first-order valence-corrected chi connectivity index (χ1v) is 13.5. The number of benzene rings is 3. The van der Waals surface area contributed by atoms with Gasteiger partial charge in [0.05, 0.1) is 28.6 Å². The maximum Gasteiger partial charge on any atom is 0.287 e. The Morgan fingerprint density at radius 2 is 1.93 bits per heavy atom. The Morgan fingerprint density at radius 1 is 1.07 bits per heavy atom. The van der Waals surface area contributed by atoms with Crippen LogP contribution in [-0.4, -0.2) is 32.4 Å². The van der Waals surface area contributed by atoms with Crippen molar-refractivity contribution in [3.63, 3.8) is 0 Å². The van der Waals surface area contributed by atoms with Crippen LogP contribution in [0.15, 0.2) is 104 Å². The summed E-state index contributed by atoms with van der Waals surface area (Å²) in [6, 6.07) is 22.3. The van der Waals surface area contributed by atoms with Crippen molar-refractivity contribution in [1.82, 2.24) is 14.6 Å². The molecule has 3 heterocycles. The van der Waals surface area contributed by atoms with Gasteiger partial charge in [-0.05, 0) is 67.1 Å². The van der Waals surface area contributed by atoms with E-state index in [2.05, 4.69) is 26.0 Å². The predicted octanol–water partition coefficient (Wildman–Crippen LogP) is 6.95. The van der Waals surface area contributed by atoms with E-state index in [0.29, 0.717) is 45.9 Å². The average molecular weight is 626 g/mol. The van der Waals surface area contributed by atoms with E-state index >= 15 is 0 Å². The van der Waals surface area contributed by atoms with E-state index < -0.39 is 4.92 Å². The lowest BCUT2D eigenvalue weighted by Gasteiger charge is -2.12. The van der Waals surface area contributed by atoms with Gasteiger partial charge in [0.2, 0.25) is 11.7 Å². The van der Waals surface area contributed by atoms with Gasteiger partial charge in [-0.25, -0.2) is 9.97 Å². The summed E-state index contributed by atoms with van der Waals surface area (Å²) in [7, 11) is 0. The molecule has 0 saturated heterocycles. The van der Waals surface area contributed by atoms with Crippen LogP contribution in [0, 0.1) is 10.1 Å². The minimum absolute atomic E-state index is 0.146. The predicted molar refractivity (Wildman–Crippen MR) is 160 cm³/mol. The molecule has 0 bridgehead atoms. The van der Waals surface area contributed by atoms with Crippen LogP contribution in [0.25, 0.3) is 33.5 Å². The number of hydrogen-bond acceptors (Lipinski definition) is 9. The maximum atomic E-state index is 13.6. The highest BCUT2D eigenvalue weighted by atomic mass is 79.9. The van der Waals surface area contributed by atoms with E-state index in [1.165, 1.54) is 23.0 Å². The van der Waals surface area contributed by atoms with E-state index in [1.54, 1.807) is 36.4 Å². The third-order valence-electron chi connectivity index (χ3n) is 6.19. The van der Waals surface area contributed by atoms with Gasteiger partial charge in [0, 0.05) is 22.0 Å². The number of nitrogens with zero attached hydrogens (tertiary/aromatic N) is 5. The number of aromatic nitrogens is 3. The molecule has 42 heavy (non-hydrogen) atoms. The number of ether oxygens (including phenoxy) is 2. The Labute approximate surface area is 245 Å². The first-order chi connectivity index (χ1) is 20.4. The van der Waals surface area contributed by atoms with Crippen LogP contribution < -0.4 is 15.0 Å². The number of furan rings is 1. The Balaban J connectivity index is 1.39. The second-order valence-corrected chi connectivity index (χ2v) is 9.88. The molecule has 0 aliphatic heterocycles. The minimum atomic E-state index is -0.536. The fourth-order valence-corrected chi connectivity index (χ4v) is 4.63. The lowest BCUT2D eigenvalue weighted by Crippen LogP contribution is -2.20. The zero-order valence-corrected chi connectivity index (χ0v) is 23.5. The molecule has 3 aromatic carbocycles. The highest BCUT2D eigenvalue weighted by Gasteiger charge is 2.17. The van der Waals surface area contributed by atoms with Gasteiger partial charge < -0.3 is 13.9 Å². The van der Waals surface area contributed by atoms with Gasteiger partial charge in [-0.1, -0.05) is 28.1 Å². The van der Waals surface area contributed by atoms with Crippen molar-refractivity contribution in [2.75, 3.05) is 6.61 Å². The van der Waals surface area contributed by atoms with Crippen LogP contribution in [0.4, 0.5) is 5.69 Å². The van der Waals surface area contributed by atoms with Gasteiger partial charge in [0.15, 0.2) is 17.3 Å². The van der Waals surface area contributed by atoms with Gasteiger partial charge >= 0.3 is 0 Å². The van der Waals surface area contributed by atoms with Crippen molar-refractivity contribution < 1.29 is 18.8 Å². The van der Waals surface area contributed by atoms with Crippen molar-refractivity contribution in [2.24, 2.45) is 5.10 Å². The molecule has 0 aliphatic carbocycles. The second kappa shape index (κ2) is 11.3. The normalized spacial score (nSPS) is 11.4. The molecule has 0 radical (unpaired) electrons. The van der Waals surface area contributed by atoms with Crippen LogP contribution in [0.3, 0.4) is 0 Å². The Kier molecular flexibility index (Phi) is 7.19. The molecule has 11 nitrogen and oxygen atoms in total. The van der Waals surface area contributed by atoms with Crippen molar-refractivity contribution in [2.45, 2.75) is 6.92 Å². The summed E-state index contributed by atoms with van der Waals surface area (Å²) in [5.41, 5.74) is 1.27. The highest BCUT2D eigenvalue weighted by Crippen LogP contribution is 2.33. The van der Waals surface area contributed by atoms with Crippen LogP contribution in [0.1, 0.15) is 12.5 Å². The SMILES string of the molecule is CCOc1cc(C=Nn2c(-c3cc4cc(Br)ccc4o3)nc3ccccc3c2=O)ccc1Oc1ccc([N+](=O)[O-])cn1. The van der Waals surface area contributed by atoms with Gasteiger partial charge in [0.25, 0.3) is 11.2 Å². The first-order valence-electron chi connectivity index (χ1n) is 12.7. The molecule has 0 fully saturated rings. The van der Waals surface area contributed by atoms with E-state index in [4.69, 9.17) is 18.9 Å². The molecular formula is C30H20BrN5O6.